The number of amides is 1. The van der Waals surface area contributed by atoms with Gasteiger partial charge in [-0.1, -0.05) is 24.4 Å². The number of carbonyl (C=O) groups excluding carboxylic acids is 1. The monoisotopic (exact) mass is 332 g/mol. The van der Waals surface area contributed by atoms with Gasteiger partial charge in [0.2, 0.25) is 5.95 Å². The number of anilines is 2. The first-order chi connectivity index (χ1) is 12.0. The van der Waals surface area contributed by atoms with Crippen LogP contribution in [0.15, 0.2) is 48.7 Å². The molecule has 2 N–H and O–H groups in total. The summed E-state index contributed by atoms with van der Waals surface area (Å²) in [6, 6.07) is 13.6. The first-order valence-electron chi connectivity index (χ1n) is 8.49. The lowest BCUT2D eigenvalue weighted by atomic mass is 9.73. The highest BCUT2D eigenvalue weighted by atomic mass is 16.1. The predicted octanol–water partition coefficient (Wildman–Crippen LogP) is 2.62. The molecule has 5 nitrogen and oxygen atoms in total. The van der Waals surface area contributed by atoms with E-state index < -0.39 is 0 Å². The molecule has 1 amide bonds. The van der Waals surface area contributed by atoms with Gasteiger partial charge in [-0.25, -0.2) is 9.97 Å². The van der Waals surface area contributed by atoms with Crippen LogP contribution in [0.3, 0.4) is 0 Å². The average molecular weight is 332 g/mol. The Bertz CT molecular complexity index is 894. The van der Waals surface area contributed by atoms with Gasteiger partial charge in [0.05, 0.1) is 5.52 Å². The summed E-state index contributed by atoms with van der Waals surface area (Å²) in [5.74, 6) is 0.464. The minimum absolute atomic E-state index is 0.0739. The van der Waals surface area contributed by atoms with Gasteiger partial charge in [0, 0.05) is 28.9 Å². The molecule has 0 unspecified atom stereocenters. The van der Waals surface area contributed by atoms with Crippen molar-refractivity contribution in [3.8, 4) is 0 Å². The van der Waals surface area contributed by atoms with Crippen LogP contribution in [-0.2, 0) is 0 Å². The predicted molar refractivity (Wildman–Crippen MR) is 105 cm³/mol. The molecule has 0 radical (unpaired) electrons. The van der Waals surface area contributed by atoms with E-state index in [2.05, 4.69) is 39.6 Å². The Labute approximate surface area is 148 Å². The number of nitrogens with one attached hydrogen (secondary N) is 2. The van der Waals surface area contributed by atoms with Crippen LogP contribution in [0.2, 0.25) is 6.82 Å². The maximum absolute atomic E-state index is 12.0. The third-order valence-corrected chi connectivity index (χ3v) is 3.88. The van der Waals surface area contributed by atoms with Gasteiger partial charge < -0.3 is 10.6 Å². The molecule has 0 fully saturated rings. The second-order valence-electron chi connectivity index (χ2n) is 6.27. The van der Waals surface area contributed by atoms with E-state index in [0.29, 0.717) is 11.5 Å². The topological polar surface area (TPSA) is 66.9 Å². The van der Waals surface area contributed by atoms with Gasteiger partial charge in [-0.05, 0) is 44.2 Å². The van der Waals surface area contributed by atoms with E-state index in [9.17, 15) is 4.79 Å². The van der Waals surface area contributed by atoms with E-state index in [1.807, 2.05) is 38.2 Å². The first-order valence-corrected chi connectivity index (χ1v) is 8.49. The Balaban J connectivity index is 1.75. The standard InChI is InChI=1S/C19H21BN4O/c1-12(2)22-18(25)13-4-7-16(8-5-13)23-19-21-11-14-10-15(20-3)6-9-17(14)24-19/h4-12,20H,1-3H3,(H,22,25)(H,21,23,24). The van der Waals surface area contributed by atoms with Crippen molar-refractivity contribution < 1.29 is 4.79 Å². The van der Waals surface area contributed by atoms with Crippen LogP contribution in [0, 0.1) is 0 Å². The quantitative estimate of drug-likeness (QED) is 0.705. The average Bonchev–Trinajstić information content (AvgIpc) is 2.61. The Morgan fingerprint density at radius 2 is 1.88 bits per heavy atom. The smallest absolute Gasteiger partial charge is 0.251 e. The molecular formula is C19H21BN4O. The van der Waals surface area contributed by atoms with E-state index in [-0.39, 0.29) is 11.9 Å². The van der Waals surface area contributed by atoms with E-state index in [4.69, 9.17) is 0 Å². The number of hydrogen-bond donors (Lipinski definition) is 2. The van der Waals surface area contributed by atoms with E-state index >= 15 is 0 Å². The summed E-state index contributed by atoms with van der Waals surface area (Å²) < 4.78 is 0. The highest BCUT2D eigenvalue weighted by Gasteiger charge is 2.07. The molecule has 3 aromatic rings. The zero-order valence-electron chi connectivity index (χ0n) is 14.7. The van der Waals surface area contributed by atoms with Crippen LogP contribution >= 0.6 is 0 Å². The van der Waals surface area contributed by atoms with Gasteiger partial charge in [0.15, 0.2) is 7.28 Å². The fourth-order valence-electron chi connectivity index (χ4n) is 2.54. The molecule has 0 aliphatic heterocycles. The zero-order valence-corrected chi connectivity index (χ0v) is 14.7. The summed E-state index contributed by atoms with van der Waals surface area (Å²) in [7, 11) is 0.993. The molecule has 0 spiro atoms. The lowest BCUT2D eigenvalue weighted by molar-refractivity contribution is 0.0943. The normalized spacial score (nSPS) is 10.7. The third-order valence-electron chi connectivity index (χ3n) is 3.88. The van der Waals surface area contributed by atoms with Crippen LogP contribution in [0.1, 0.15) is 24.2 Å². The molecule has 1 aromatic heterocycles. The van der Waals surface area contributed by atoms with Crippen molar-refractivity contribution in [2.45, 2.75) is 26.7 Å². The van der Waals surface area contributed by atoms with Crippen LogP contribution in [-0.4, -0.2) is 29.2 Å². The van der Waals surface area contributed by atoms with Gasteiger partial charge in [0.25, 0.3) is 5.91 Å². The van der Waals surface area contributed by atoms with Crippen molar-refractivity contribution >= 4 is 41.2 Å². The van der Waals surface area contributed by atoms with Crippen molar-refractivity contribution in [1.82, 2.24) is 15.3 Å². The SMILES string of the molecule is CBc1ccc2nc(Nc3ccc(C(=O)NC(C)C)cc3)ncc2c1. The third kappa shape index (κ3) is 4.15. The van der Waals surface area contributed by atoms with Crippen LogP contribution in [0.4, 0.5) is 11.6 Å². The minimum atomic E-state index is -0.0739. The molecular weight excluding hydrogens is 311 g/mol. The van der Waals surface area contributed by atoms with Crippen LogP contribution < -0.4 is 16.1 Å². The summed E-state index contributed by atoms with van der Waals surface area (Å²) >= 11 is 0. The second kappa shape index (κ2) is 7.34. The fraction of sp³-hybridized carbons (Fsp3) is 0.211. The van der Waals surface area contributed by atoms with Crippen molar-refractivity contribution in [1.29, 1.82) is 0 Å². The Morgan fingerprint density at radius 3 is 2.56 bits per heavy atom. The van der Waals surface area contributed by atoms with Gasteiger partial charge >= 0.3 is 0 Å². The van der Waals surface area contributed by atoms with Gasteiger partial charge in [-0.2, -0.15) is 0 Å². The fourth-order valence-corrected chi connectivity index (χ4v) is 2.54. The van der Waals surface area contributed by atoms with E-state index in [1.54, 1.807) is 12.1 Å². The van der Waals surface area contributed by atoms with Crippen LogP contribution in [0.5, 0.6) is 0 Å². The molecule has 25 heavy (non-hydrogen) atoms. The molecule has 0 aliphatic rings. The van der Waals surface area contributed by atoms with Gasteiger partial charge in [0.1, 0.15) is 0 Å². The summed E-state index contributed by atoms with van der Waals surface area (Å²) in [6.07, 6.45) is 1.83. The molecule has 0 saturated carbocycles. The molecule has 0 saturated heterocycles. The number of hydrogen-bond acceptors (Lipinski definition) is 4. The summed E-state index contributed by atoms with van der Waals surface area (Å²) in [4.78, 5) is 20.9. The van der Waals surface area contributed by atoms with Crippen LogP contribution in [0.25, 0.3) is 10.9 Å². The second-order valence-corrected chi connectivity index (χ2v) is 6.27. The van der Waals surface area contributed by atoms with Crippen molar-refractivity contribution in [2.75, 3.05) is 5.32 Å². The van der Waals surface area contributed by atoms with Crippen molar-refractivity contribution in [3.63, 3.8) is 0 Å². The highest BCUT2D eigenvalue weighted by molar-refractivity contribution is 6.52. The van der Waals surface area contributed by atoms with Gasteiger partial charge in [-0.15, -0.1) is 0 Å². The molecule has 126 valence electrons. The number of rotatable bonds is 5. The summed E-state index contributed by atoms with van der Waals surface area (Å²) in [6.45, 7) is 6.01. The maximum Gasteiger partial charge on any atom is 0.251 e. The van der Waals surface area contributed by atoms with E-state index in [1.165, 1.54) is 5.46 Å². The van der Waals surface area contributed by atoms with Crippen molar-refractivity contribution in [2.24, 2.45) is 0 Å². The number of benzene rings is 2. The molecule has 0 atom stereocenters. The number of nitrogens with zero attached hydrogens (tertiary/aromatic N) is 2. The molecule has 1 heterocycles. The molecule has 3 rings (SSSR count). The van der Waals surface area contributed by atoms with E-state index in [0.717, 1.165) is 23.9 Å². The lowest BCUT2D eigenvalue weighted by Gasteiger charge is -2.09. The summed E-state index contributed by atoms with van der Waals surface area (Å²) in [5, 5.41) is 7.08. The maximum atomic E-state index is 12.0. The number of fused-ring (bicyclic) bond motifs is 1. The van der Waals surface area contributed by atoms with Crippen molar-refractivity contribution in [3.05, 3.63) is 54.2 Å². The largest absolute Gasteiger partial charge is 0.350 e. The minimum Gasteiger partial charge on any atom is -0.350 e. The zero-order chi connectivity index (χ0) is 17.8. The lowest BCUT2D eigenvalue weighted by Crippen LogP contribution is -2.29. The molecule has 0 bridgehead atoms. The summed E-state index contributed by atoms with van der Waals surface area (Å²) in [5.41, 5.74) is 3.64. The molecule has 2 aromatic carbocycles. The number of carbonyl (C=O) groups is 1. The highest BCUT2D eigenvalue weighted by Crippen LogP contribution is 2.16. The number of aromatic nitrogens is 2. The molecule has 6 heteroatoms. The van der Waals surface area contributed by atoms with Gasteiger partial charge in [-0.3, -0.25) is 4.79 Å². The first kappa shape index (κ1) is 17.0. The Hall–Kier alpha value is -2.89. The Kier molecular flexibility index (Phi) is 4.98. The molecule has 0 aliphatic carbocycles. The Morgan fingerprint density at radius 1 is 1.12 bits per heavy atom.